The van der Waals surface area contributed by atoms with Crippen LogP contribution in [0.3, 0.4) is 0 Å². The zero-order valence-corrected chi connectivity index (χ0v) is 24.0. The Hall–Kier alpha value is -4.62. The number of halogens is 6. The lowest BCUT2D eigenvalue weighted by Gasteiger charge is -2.29. The molecule has 2 heterocycles. The highest BCUT2D eigenvalue weighted by Gasteiger charge is 2.32. The number of ether oxygens (including phenoxy) is 2. The first-order valence-electron chi connectivity index (χ1n) is 12.7. The summed E-state index contributed by atoms with van der Waals surface area (Å²) >= 11 is 0. The molecule has 1 aliphatic rings. The fraction of sp³-hybridized carbons (Fsp3) is 0.583. The van der Waals surface area contributed by atoms with Gasteiger partial charge in [-0.3, -0.25) is 19.2 Å². The predicted molar refractivity (Wildman–Crippen MR) is 142 cm³/mol. The molecule has 0 saturated carbocycles. The summed E-state index contributed by atoms with van der Waals surface area (Å²) in [5.41, 5.74) is -0.243. The van der Waals surface area contributed by atoms with E-state index in [0.29, 0.717) is 45.8 Å². The van der Waals surface area contributed by atoms with Crippen LogP contribution in [-0.4, -0.2) is 134 Å². The number of aromatic nitrogens is 2. The van der Waals surface area contributed by atoms with Gasteiger partial charge < -0.3 is 44.8 Å². The first-order valence-corrected chi connectivity index (χ1v) is 12.7. The molecule has 0 bridgehead atoms. The zero-order valence-electron chi connectivity index (χ0n) is 24.0. The highest BCUT2D eigenvalue weighted by Crippen LogP contribution is 2.30. The minimum atomic E-state index is -4.64. The van der Waals surface area contributed by atoms with Crippen molar-refractivity contribution in [3.8, 4) is 0 Å². The Labute approximate surface area is 256 Å². The molecule has 0 aliphatic carbocycles. The third-order valence-electron chi connectivity index (χ3n) is 5.17. The molecule has 2 rings (SSSR count). The number of aliphatic hydroxyl groups is 1. The fourth-order valence-corrected chi connectivity index (χ4v) is 3.23. The highest BCUT2D eigenvalue weighted by atomic mass is 19.4. The number of aliphatic hydroxyl groups excluding tert-OH is 1. The summed E-state index contributed by atoms with van der Waals surface area (Å²) in [4.78, 5) is 68.6. The van der Waals surface area contributed by atoms with Crippen LogP contribution in [-0.2, 0) is 28.7 Å². The number of aliphatic carboxylic acids is 2. The summed E-state index contributed by atoms with van der Waals surface area (Å²) in [7, 11) is 1.50. The number of aldehydes is 2. The molecule has 258 valence electrons. The molecule has 1 aliphatic heterocycles. The van der Waals surface area contributed by atoms with Crippen molar-refractivity contribution in [2.75, 3.05) is 69.5 Å². The molecule has 1 aromatic rings. The van der Waals surface area contributed by atoms with Gasteiger partial charge in [0.05, 0.1) is 26.2 Å². The minimum Gasteiger partial charge on any atom is -0.481 e. The number of hydrogen-bond donors (Lipinski definition) is 4. The van der Waals surface area contributed by atoms with Crippen LogP contribution in [0.1, 0.15) is 23.3 Å². The SMILES string of the molecule is O=CC(F)(F)F.O=CC(F)(F)F.[C-]#[N+]c1nc(N2CCOCC2)c(C(=O)N[C@H](CC(=O)O)C(=O)O)nc1N(CCCO)CCOC. The van der Waals surface area contributed by atoms with Crippen LogP contribution < -0.4 is 15.1 Å². The van der Waals surface area contributed by atoms with Crippen molar-refractivity contribution in [1.29, 1.82) is 0 Å². The first-order chi connectivity index (χ1) is 21.4. The summed E-state index contributed by atoms with van der Waals surface area (Å²) in [6, 6.07) is -1.69. The molecule has 0 spiro atoms. The molecule has 1 aromatic heterocycles. The van der Waals surface area contributed by atoms with Crippen LogP contribution in [0.15, 0.2) is 0 Å². The number of carbonyl (C=O) groups excluding carboxylic acids is 3. The first kappa shape index (κ1) is 41.4. The average molecular weight is 677 g/mol. The smallest absolute Gasteiger partial charge is 0.446 e. The van der Waals surface area contributed by atoms with Crippen molar-refractivity contribution in [1.82, 2.24) is 15.3 Å². The third kappa shape index (κ3) is 16.5. The lowest BCUT2D eigenvalue weighted by molar-refractivity contribution is -0.156. The number of alkyl halides is 6. The quantitative estimate of drug-likeness (QED) is 0.130. The van der Waals surface area contributed by atoms with Gasteiger partial charge in [0.15, 0.2) is 11.5 Å². The van der Waals surface area contributed by atoms with E-state index in [2.05, 4.69) is 20.1 Å². The predicted octanol–water partition coefficient (Wildman–Crippen LogP) is 0.852. The Morgan fingerprint density at radius 1 is 1.09 bits per heavy atom. The maximum Gasteiger partial charge on any atom is 0.446 e. The van der Waals surface area contributed by atoms with Gasteiger partial charge in [-0.05, 0) is 6.42 Å². The Bertz CT molecular complexity index is 1180. The number of carboxylic acid groups (broad SMARTS) is 2. The van der Waals surface area contributed by atoms with Crippen molar-refractivity contribution in [3.05, 3.63) is 17.1 Å². The van der Waals surface area contributed by atoms with Crippen molar-refractivity contribution >= 4 is 47.9 Å². The van der Waals surface area contributed by atoms with Gasteiger partial charge in [-0.15, -0.1) is 0 Å². The number of nitrogens with one attached hydrogen (secondary N) is 1. The molecule has 1 fully saturated rings. The number of methoxy groups -OCH3 is 1. The molecule has 46 heavy (non-hydrogen) atoms. The van der Waals surface area contributed by atoms with Gasteiger partial charge in [0, 0.05) is 39.9 Å². The van der Waals surface area contributed by atoms with Crippen LogP contribution >= 0.6 is 0 Å². The van der Waals surface area contributed by atoms with Crippen molar-refractivity contribution in [2.24, 2.45) is 0 Å². The minimum absolute atomic E-state index is 0.0730. The summed E-state index contributed by atoms with van der Waals surface area (Å²) in [5.74, 6) is -3.77. The van der Waals surface area contributed by atoms with E-state index < -0.39 is 55.2 Å². The number of morpholine rings is 1. The van der Waals surface area contributed by atoms with E-state index in [-0.39, 0.29) is 36.4 Å². The molecule has 0 aromatic carbocycles. The molecule has 1 saturated heterocycles. The van der Waals surface area contributed by atoms with E-state index in [1.165, 1.54) is 7.11 Å². The molecular weight excluding hydrogens is 646 g/mol. The van der Waals surface area contributed by atoms with E-state index in [4.69, 9.17) is 30.7 Å². The number of carbonyl (C=O) groups is 5. The molecule has 0 unspecified atom stereocenters. The number of carboxylic acids is 2. The Morgan fingerprint density at radius 3 is 2.04 bits per heavy atom. The number of hydrogen-bond acceptors (Lipinski definition) is 12. The monoisotopic (exact) mass is 676 g/mol. The van der Waals surface area contributed by atoms with Crippen LogP contribution in [0.25, 0.3) is 4.85 Å². The Kier molecular flexibility index (Phi) is 18.4. The van der Waals surface area contributed by atoms with Gasteiger partial charge in [0.25, 0.3) is 11.7 Å². The second-order valence-corrected chi connectivity index (χ2v) is 8.59. The maximum absolute atomic E-state index is 13.1. The van der Waals surface area contributed by atoms with Gasteiger partial charge >= 0.3 is 30.1 Å². The standard InChI is InChI=1S/C20H28N6O8.2C2HF3O/c1-21-16-18(25(4-3-8-27)5-9-33-2)23-15(17(24-16)26-6-10-34-11-7-26)19(30)22-13(20(31)32)12-14(28)29;2*3-2(4,5)1-6/h13,27H,3-12H2,2H3,(H,22,30)(H,28,29)(H,31,32);2*1H/t13-;;/m1../s1. The summed E-state index contributed by atoms with van der Waals surface area (Å²) in [5, 5.41) is 29.8. The van der Waals surface area contributed by atoms with Crippen molar-refractivity contribution in [2.45, 2.75) is 31.2 Å². The number of anilines is 2. The Balaban J connectivity index is 0.00000142. The van der Waals surface area contributed by atoms with Crippen LogP contribution in [0.2, 0.25) is 0 Å². The molecule has 4 N–H and O–H groups in total. The van der Waals surface area contributed by atoms with Gasteiger partial charge in [-0.2, -0.15) is 26.3 Å². The van der Waals surface area contributed by atoms with Crippen molar-refractivity contribution in [3.63, 3.8) is 0 Å². The maximum atomic E-state index is 13.1. The van der Waals surface area contributed by atoms with Gasteiger partial charge in [0.1, 0.15) is 6.04 Å². The normalized spacial score (nSPS) is 13.4. The molecule has 0 radical (unpaired) electrons. The lowest BCUT2D eigenvalue weighted by atomic mass is 10.2. The molecule has 22 heteroatoms. The van der Waals surface area contributed by atoms with E-state index in [1.54, 1.807) is 9.80 Å². The summed E-state index contributed by atoms with van der Waals surface area (Å²) < 4.78 is 72.9. The second-order valence-electron chi connectivity index (χ2n) is 8.59. The molecule has 16 nitrogen and oxygen atoms in total. The Morgan fingerprint density at radius 2 is 1.63 bits per heavy atom. The third-order valence-corrected chi connectivity index (χ3v) is 5.17. The van der Waals surface area contributed by atoms with Gasteiger partial charge in [0.2, 0.25) is 12.6 Å². The van der Waals surface area contributed by atoms with Crippen LogP contribution in [0.4, 0.5) is 43.8 Å². The molecule has 1 atom stereocenters. The van der Waals surface area contributed by atoms with Gasteiger partial charge in [-0.25, -0.2) is 9.78 Å². The summed E-state index contributed by atoms with van der Waals surface area (Å²) in [6.45, 7) is 9.78. The van der Waals surface area contributed by atoms with Crippen LogP contribution in [0.5, 0.6) is 0 Å². The average Bonchev–Trinajstić information content (AvgIpc) is 3.00. The van der Waals surface area contributed by atoms with E-state index >= 15 is 0 Å². The number of nitrogens with zero attached hydrogens (tertiary/aromatic N) is 5. The number of rotatable bonds is 13. The topological polar surface area (TPSA) is 213 Å². The molecule has 1 amide bonds. The zero-order chi connectivity index (χ0) is 35.5. The fourth-order valence-electron chi connectivity index (χ4n) is 3.23. The molecular formula is C24H30F6N6O10. The second kappa shape index (κ2) is 20.4. The highest BCUT2D eigenvalue weighted by molar-refractivity contribution is 6.00. The number of amides is 1. The van der Waals surface area contributed by atoms with Crippen molar-refractivity contribution < 1.29 is 75.1 Å². The summed E-state index contributed by atoms with van der Waals surface area (Å²) in [6.07, 6.45) is -11.9. The van der Waals surface area contributed by atoms with E-state index in [1.807, 2.05) is 0 Å². The largest absolute Gasteiger partial charge is 0.481 e. The lowest BCUT2D eigenvalue weighted by Crippen LogP contribution is -2.44. The van der Waals surface area contributed by atoms with E-state index in [0.717, 1.165) is 0 Å². The van der Waals surface area contributed by atoms with Gasteiger partial charge in [-0.1, -0.05) is 11.6 Å². The van der Waals surface area contributed by atoms with E-state index in [9.17, 15) is 50.9 Å². The van der Waals surface area contributed by atoms with Crippen LogP contribution in [0, 0.1) is 6.57 Å².